The van der Waals surface area contributed by atoms with E-state index in [0.717, 1.165) is 40.8 Å². The highest BCUT2D eigenvalue weighted by Gasteiger charge is 2.09. The van der Waals surface area contributed by atoms with Gasteiger partial charge in [0.05, 0.1) is 12.1 Å². The van der Waals surface area contributed by atoms with Gasteiger partial charge in [0.25, 0.3) is 0 Å². The zero-order valence-electron chi connectivity index (χ0n) is 13.8. The number of benzene rings is 1. The third-order valence-electron chi connectivity index (χ3n) is 3.32. The van der Waals surface area contributed by atoms with E-state index >= 15 is 0 Å². The molecule has 22 heavy (non-hydrogen) atoms. The van der Waals surface area contributed by atoms with Crippen molar-refractivity contribution < 1.29 is 4.74 Å². The Hall–Kier alpha value is -1.61. The molecule has 0 atom stereocenters. The number of ether oxygens (including phenoxy) is 1. The van der Waals surface area contributed by atoms with Gasteiger partial charge >= 0.3 is 0 Å². The van der Waals surface area contributed by atoms with Gasteiger partial charge in [-0.1, -0.05) is 27.2 Å². The molecule has 2 aromatic rings. The van der Waals surface area contributed by atoms with Crippen LogP contribution in [0.15, 0.2) is 24.3 Å². The Kier molecular flexibility index (Phi) is 6.82. The van der Waals surface area contributed by atoms with E-state index in [1.54, 1.807) is 0 Å². The Labute approximate surface area is 139 Å². The van der Waals surface area contributed by atoms with Crippen LogP contribution in [0.5, 0.6) is 5.75 Å². The van der Waals surface area contributed by atoms with Gasteiger partial charge in [-0.25, -0.2) is 0 Å². The lowest BCUT2D eigenvalue weighted by Crippen LogP contribution is -2.05. The third-order valence-corrected chi connectivity index (χ3v) is 3.32. The number of aromatic nitrogens is 1. The van der Waals surface area contributed by atoms with Crippen LogP contribution in [0.4, 0.5) is 0 Å². The molecular formula is C18H25ClN2O. The van der Waals surface area contributed by atoms with E-state index in [0.29, 0.717) is 18.2 Å². The molecule has 120 valence electrons. The van der Waals surface area contributed by atoms with Crippen LogP contribution < -0.4 is 4.74 Å². The molecule has 1 N–H and O–H groups in total. The van der Waals surface area contributed by atoms with Crippen molar-refractivity contribution in [2.45, 2.75) is 40.5 Å². The van der Waals surface area contributed by atoms with Crippen molar-refractivity contribution in [3.63, 3.8) is 0 Å². The monoisotopic (exact) mass is 320 g/mol. The van der Waals surface area contributed by atoms with Crippen LogP contribution in [-0.2, 0) is 0 Å². The van der Waals surface area contributed by atoms with Crippen LogP contribution in [0.1, 0.15) is 44.9 Å². The minimum atomic E-state index is 0. The molecular weight excluding hydrogens is 296 g/mol. The number of nitrogens with zero attached hydrogens (tertiary/aromatic N) is 1. The van der Waals surface area contributed by atoms with Gasteiger partial charge in [-0.05, 0) is 37.5 Å². The topological polar surface area (TPSA) is 46.0 Å². The Morgan fingerprint density at radius 3 is 2.64 bits per heavy atom. The Bertz CT molecular complexity index is 653. The summed E-state index contributed by atoms with van der Waals surface area (Å²) in [5.41, 5.74) is 3.53. The zero-order chi connectivity index (χ0) is 15.4. The second-order valence-corrected chi connectivity index (χ2v) is 5.92. The summed E-state index contributed by atoms with van der Waals surface area (Å²) in [4.78, 5) is 4.59. The van der Waals surface area contributed by atoms with Crippen molar-refractivity contribution >= 4 is 29.0 Å². The Balaban J connectivity index is 0.00000242. The molecule has 1 heterocycles. The van der Waals surface area contributed by atoms with Crippen LogP contribution in [0, 0.1) is 18.3 Å². The maximum Gasteiger partial charge on any atom is 0.121 e. The van der Waals surface area contributed by atoms with Gasteiger partial charge in [-0.3, -0.25) is 4.98 Å². The third kappa shape index (κ3) is 4.44. The highest BCUT2D eigenvalue weighted by atomic mass is 35.5. The maximum atomic E-state index is 8.24. The van der Waals surface area contributed by atoms with E-state index in [1.165, 1.54) is 0 Å². The normalized spacial score (nSPS) is 10.6. The molecule has 2 rings (SSSR count). The summed E-state index contributed by atoms with van der Waals surface area (Å²) >= 11 is 0. The van der Waals surface area contributed by atoms with E-state index in [4.69, 9.17) is 10.1 Å². The van der Waals surface area contributed by atoms with Crippen LogP contribution in [-0.4, -0.2) is 17.3 Å². The van der Waals surface area contributed by atoms with Crippen molar-refractivity contribution in [1.29, 1.82) is 5.41 Å². The smallest absolute Gasteiger partial charge is 0.121 e. The predicted molar refractivity (Wildman–Crippen MR) is 95.8 cm³/mol. The van der Waals surface area contributed by atoms with Crippen molar-refractivity contribution in [2.75, 3.05) is 6.61 Å². The molecule has 0 aliphatic rings. The van der Waals surface area contributed by atoms with Crippen molar-refractivity contribution in [2.24, 2.45) is 5.92 Å². The van der Waals surface area contributed by atoms with Gasteiger partial charge in [-0.15, -0.1) is 12.4 Å². The van der Waals surface area contributed by atoms with Gasteiger partial charge < -0.3 is 10.1 Å². The first-order chi connectivity index (χ1) is 10.0. The summed E-state index contributed by atoms with van der Waals surface area (Å²) in [5.74, 6) is 1.35. The number of nitrogens with one attached hydrogen (secondary N) is 1. The second-order valence-electron chi connectivity index (χ2n) is 5.92. The molecule has 0 unspecified atom stereocenters. The lowest BCUT2D eigenvalue weighted by molar-refractivity contribution is 0.271. The molecule has 1 aromatic carbocycles. The summed E-state index contributed by atoms with van der Waals surface area (Å²) in [6.07, 6.45) is 1.78. The highest BCUT2D eigenvalue weighted by Crippen LogP contribution is 2.25. The number of hydrogen-bond donors (Lipinski definition) is 1. The molecule has 0 saturated carbocycles. The van der Waals surface area contributed by atoms with E-state index in [-0.39, 0.29) is 12.4 Å². The van der Waals surface area contributed by atoms with Crippen LogP contribution in [0.3, 0.4) is 0 Å². The first kappa shape index (κ1) is 18.4. The molecule has 0 spiro atoms. The SMILES string of the molecule is CCCC(=N)c1cc(C)nc2cc(OCC(C)C)ccc12.Cl. The number of halogens is 1. The molecule has 0 amide bonds. The molecule has 3 nitrogen and oxygen atoms in total. The first-order valence-electron chi connectivity index (χ1n) is 7.63. The van der Waals surface area contributed by atoms with E-state index < -0.39 is 0 Å². The average Bonchev–Trinajstić information content (AvgIpc) is 2.44. The fourth-order valence-corrected chi connectivity index (χ4v) is 2.33. The molecule has 0 aliphatic heterocycles. The predicted octanol–water partition coefficient (Wildman–Crippen LogP) is 5.17. The minimum absolute atomic E-state index is 0. The average molecular weight is 321 g/mol. The van der Waals surface area contributed by atoms with Gasteiger partial charge in [0.2, 0.25) is 0 Å². The van der Waals surface area contributed by atoms with E-state index in [9.17, 15) is 0 Å². The van der Waals surface area contributed by atoms with Crippen LogP contribution >= 0.6 is 12.4 Å². The van der Waals surface area contributed by atoms with Gasteiger partial charge in [-0.2, -0.15) is 0 Å². The highest BCUT2D eigenvalue weighted by molar-refractivity contribution is 6.08. The van der Waals surface area contributed by atoms with Gasteiger partial charge in [0.1, 0.15) is 5.75 Å². The second kappa shape index (κ2) is 8.14. The number of pyridine rings is 1. The fourth-order valence-electron chi connectivity index (χ4n) is 2.33. The quantitative estimate of drug-likeness (QED) is 0.746. The minimum Gasteiger partial charge on any atom is -0.493 e. The summed E-state index contributed by atoms with van der Waals surface area (Å²) in [5, 5.41) is 9.28. The van der Waals surface area contributed by atoms with Crippen LogP contribution in [0.25, 0.3) is 10.9 Å². The summed E-state index contributed by atoms with van der Waals surface area (Å²) < 4.78 is 5.77. The molecule has 0 fully saturated rings. The molecule has 0 aliphatic carbocycles. The van der Waals surface area contributed by atoms with E-state index in [2.05, 4.69) is 25.8 Å². The number of rotatable bonds is 6. The molecule has 0 bridgehead atoms. The maximum absolute atomic E-state index is 8.24. The molecule has 1 aromatic heterocycles. The van der Waals surface area contributed by atoms with Crippen molar-refractivity contribution in [3.8, 4) is 5.75 Å². The lowest BCUT2D eigenvalue weighted by atomic mass is 10.0. The van der Waals surface area contributed by atoms with Gasteiger partial charge in [0.15, 0.2) is 0 Å². The number of aryl methyl sites for hydroxylation is 1. The lowest BCUT2D eigenvalue weighted by Gasteiger charge is -2.12. The van der Waals surface area contributed by atoms with Crippen LogP contribution in [0.2, 0.25) is 0 Å². The first-order valence-corrected chi connectivity index (χ1v) is 7.63. The van der Waals surface area contributed by atoms with E-state index in [1.807, 2.05) is 31.2 Å². The summed E-state index contributed by atoms with van der Waals surface area (Å²) in [7, 11) is 0. The molecule has 4 heteroatoms. The molecule has 0 radical (unpaired) electrons. The standard InChI is InChI=1S/C18H24N2O.ClH/c1-5-6-17(19)16-9-13(4)20-18-10-14(7-8-15(16)18)21-11-12(2)3;/h7-10,12,19H,5-6,11H2,1-4H3;1H. The zero-order valence-corrected chi connectivity index (χ0v) is 14.6. The molecule has 0 saturated heterocycles. The summed E-state index contributed by atoms with van der Waals surface area (Å²) in [6, 6.07) is 7.99. The summed E-state index contributed by atoms with van der Waals surface area (Å²) in [6.45, 7) is 9.05. The fraction of sp³-hybridized carbons (Fsp3) is 0.444. The Morgan fingerprint density at radius 1 is 1.27 bits per heavy atom. The largest absolute Gasteiger partial charge is 0.493 e. The van der Waals surface area contributed by atoms with Gasteiger partial charge in [0, 0.05) is 28.4 Å². The number of fused-ring (bicyclic) bond motifs is 1. The van der Waals surface area contributed by atoms with Crippen molar-refractivity contribution in [3.05, 3.63) is 35.5 Å². The van der Waals surface area contributed by atoms with Crippen molar-refractivity contribution in [1.82, 2.24) is 4.98 Å². The Morgan fingerprint density at radius 2 is 2.00 bits per heavy atom. The number of hydrogen-bond acceptors (Lipinski definition) is 3.